The number of benzene rings is 2. The summed E-state index contributed by atoms with van der Waals surface area (Å²) in [6, 6.07) is 11.6. The minimum atomic E-state index is -0.310. The van der Waals surface area contributed by atoms with Crippen molar-refractivity contribution in [1.82, 2.24) is 10.4 Å². The number of nitrogens with zero attached hydrogens (tertiary/aromatic N) is 1. The molecule has 0 aliphatic rings. The lowest BCUT2D eigenvalue weighted by Gasteiger charge is -2.06. The lowest BCUT2D eigenvalue weighted by molar-refractivity contribution is 0.0951. The first-order valence-corrected chi connectivity index (χ1v) is 8.75. The molecule has 0 fully saturated rings. The van der Waals surface area contributed by atoms with E-state index in [-0.39, 0.29) is 11.7 Å². The van der Waals surface area contributed by atoms with Gasteiger partial charge in [-0.3, -0.25) is 4.79 Å². The van der Waals surface area contributed by atoms with Crippen molar-refractivity contribution in [2.75, 3.05) is 0 Å². The van der Waals surface area contributed by atoms with Crippen LogP contribution in [0.1, 0.15) is 38.3 Å². The number of aromatic nitrogens is 1. The Morgan fingerprint density at radius 2 is 1.78 bits per heavy atom. The third kappa shape index (κ3) is 3.92. The number of hydrazone groups is 1. The van der Waals surface area contributed by atoms with Crippen molar-refractivity contribution in [3.05, 3.63) is 76.1 Å². The fourth-order valence-corrected chi connectivity index (χ4v) is 3.03. The van der Waals surface area contributed by atoms with E-state index in [2.05, 4.69) is 35.4 Å². The fourth-order valence-electron chi connectivity index (χ4n) is 3.03. The number of aromatic hydroxyl groups is 1. The van der Waals surface area contributed by atoms with E-state index in [1.807, 2.05) is 50.4 Å². The molecule has 1 heterocycles. The van der Waals surface area contributed by atoms with E-state index in [9.17, 15) is 9.90 Å². The molecule has 0 saturated heterocycles. The first-order chi connectivity index (χ1) is 12.9. The largest absolute Gasteiger partial charge is 0.507 e. The Bertz CT molecular complexity index is 1010. The van der Waals surface area contributed by atoms with Crippen molar-refractivity contribution in [2.45, 2.75) is 27.7 Å². The number of H-pyrrole nitrogens is 1. The number of amides is 1. The summed E-state index contributed by atoms with van der Waals surface area (Å²) < 4.78 is 0. The van der Waals surface area contributed by atoms with Crippen LogP contribution in [-0.4, -0.2) is 22.2 Å². The quantitative estimate of drug-likeness (QED) is 0.476. The van der Waals surface area contributed by atoms with Crippen LogP contribution >= 0.6 is 0 Å². The minimum absolute atomic E-state index is 0.279. The van der Waals surface area contributed by atoms with Crippen LogP contribution in [0.5, 0.6) is 5.75 Å². The normalized spacial score (nSPS) is 11.1. The van der Waals surface area contributed by atoms with Gasteiger partial charge in [-0.25, -0.2) is 5.43 Å². The Hall–Kier alpha value is -3.34. The summed E-state index contributed by atoms with van der Waals surface area (Å²) in [5, 5.41) is 13.8. The molecular formula is C22H23N3O2. The summed E-state index contributed by atoms with van der Waals surface area (Å²) in [5.41, 5.74) is 9.80. The highest BCUT2D eigenvalue weighted by Gasteiger charge is 2.11. The molecule has 0 aliphatic heterocycles. The highest BCUT2D eigenvalue weighted by molar-refractivity contribution is 5.94. The van der Waals surface area contributed by atoms with Gasteiger partial charge in [0.2, 0.25) is 0 Å². The molecule has 1 aromatic heterocycles. The van der Waals surface area contributed by atoms with Gasteiger partial charge in [-0.15, -0.1) is 0 Å². The molecule has 2 aromatic carbocycles. The van der Waals surface area contributed by atoms with E-state index in [0.29, 0.717) is 5.69 Å². The number of aryl methyl sites for hydroxylation is 3. The Labute approximate surface area is 158 Å². The molecule has 3 N–H and O–H groups in total. The van der Waals surface area contributed by atoms with Crippen LogP contribution in [0.25, 0.3) is 11.1 Å². The molecule has 138 valence electrons. The summed E-state index contributed by atoms with van der Waals surface area (Å²) >= 11 is 0. The minimum Gasteiger partial charge on any atom is -0.507 e. The number of phenolic OH excluding ortho intramolecular Hbond substituents is 1. The number of rotatable bonds is 4. The summed E-state index contributed by atoms with van der Waals surface area (Å²) in [4.78, 5) is 15.3. The lowest BCUT2D eigenvalue weighted by Crippen LogP contribution is -2.17. The molecule has 0 unspecified atom stereocenters. The summed E-state index contributed by atoms with van der Waals surface area (Å²) in [5.74, 6) is -0.0310. The smallest absolute Gasteiger partial charge is 0.287 e. The van der Waals surface area contributed by atoms with Crippen molar-refractivity contribution in [3.8, 4) is 16.9 Å². The zero-order valence-electron chi connectivity index (χ0n) is 15.9. The fraction of sp³-hybridized carbons (Fsp3) is 0.182. The molecule has 0 bridgehead atoms. The van der Waals surface area contributed by atoms with Gasteiger partial charge < -0.3 is 10.1 Å². The maximum atomic E-state index is 12.3. The van der Waals surface area contributed by atoms with Crippen LogP contribution in [0.15, 0.2) is 47.7 Å². The molecular weight excluding hydrogens is 338 g/mol. The van der Waals surface area contributed by atoms with Gasteiger partial charge in [0.1, 0.15) is 11.4 Å². The Morgan fingerprint density at radius 3 is 2.48 bits per heavy atom. The average Bonchev–Trinajstić information content (AvgIpc) is 3.12. The van der Waals surface area contributed by atoms with E-state index >= 15 is 0 Å². The maximum Gasteiger partial charge on any atom is 0.287 e. The average molecular weight is 361 g/mol. The van der Waals surface area contributed by atoms with Crippen molar-refractivity contribution in [3.63, 3.8) is 0 Å². The van der Waals surface area contributed by atoms with Gasteiger partial charge in [0.15, 0.2) is 0 Å². The lowest BCUT2D eigenvalue weighted by atomic mass is 9.99. The van der Waals surface area contributed by atoms with E-state index in [4.69, 9.17) is 0 Å². The zero-order chi connectivity index (χ0) is 19.6. The second-order valence-corrected chi connectivity index (χ2v) is 6.75. The van der Waals surface area contributed by atoms with Gasteiger partial charge in [-0.2, -0.15) is 5.10 Å². The third-order valence-electron chi connectivity index (χ3n) is 4.74. The summed E-state index contributed by atoms with van der Waals surface area (Å²) in [6.07, 6.45) is 3.39. The van der Waals surface area contributed by atoms with Gasteiger partial charge in [0, 0.05) is 11.8 Å². The molecule has 0 aliphatic carbocycles. The molecule has 27 heavy (non-hydrogen) atoms. The molecule has 0 atom stereocenters. The number of carbonyl (C=O) groups excluding carboxylic acids is 1. The van der Waals surface area contributed by atoms with E-state index < -0.39 is 0 Å². The monoisotopic (exact) mass is 361 g/mol. The first kappa shape index (κ1) is 18.5. The van der Waals surface area contributed by atoms with Crippen LogP contribution in [0.2, 0.25) is 0 Å². The molecule has 3 aromatic rings. The van der Waals surface area contributed by atoms with Crippen molar-refractivity contribution in [1.29, 1.82) is 0 Å². The number of hydrogen-bond acceptors (Lipinski definition) is 3. The second kappa shape index (κ2) is 7.50. The second-order valence-electron chi connectivity index (χ2n) is 6.75. The Balaban J connectivity index is 1.72. The van der Waals surface area contributed by atoms with Crippen LogP contribution in [0.3, 0.4) is 0 Å². The third-order valence-corrected chi connectivity index (χ3v) is 4.74. The van der Waals surface area contributed by atoms with Gasteiger partial charge in [0.25, 0.3) is 5.91 Å². The van der Waals surface area contributed by atoms with Gasteiger partial charge in [0.05, 0.1) is 6.21 Å². The van der Waals surface area contributed by atoms with Crippen LogP contribution < -0.4 is 5.43 Å². The van der Waals surface area contributed by atoms with E-state index in [1.54, 1.807) is 6.21 Å². The molecule has 0 spiro atoms. The SMILES string of the molecule is Cc1cccc(-c2c[nH]c(C(=O)N/N=C/c3cc(C)c(O)c(C)c3)c2)c1C. The van der Waals surface area contributed by atoms with Crippen LogP contribution in [0, 0.1) is 27.7 Å². The molecule has 5 heteroatoms. The maximum absolute atomic E-state index is 12.3. The molecule has 0 radical (unpaired) electrons. The number of carbonyl (C=O) groups is 1. The first-order valence-electron chi connectivity index (χ1n) is 8.75. The highest BCUT2D eigenvalue weighted by atomic mass is 16.3. The van der Waals surface area contributed by atoms with Crippen molar-refractivity contribution >= 4 is 12.1 Å². The zero-order valence-corrected chi connectivity index (χ0v) is 15.9. The predicted molar refractivity (Wildman–Crippen MR) is 108 cm³/mol. The number of nitrogens with one attached hydrogen (secondary N) is 2. The number of phenols is 1. The summed E-state index contributed by atoms with van der Waals surface area (Å²) in [7, 11) is 0. The highest BCUT2D eigenvalue weighted by Crippen LogP contribution is 2.26. The topological polar surface area (TPSA) is 77.5 Å². The van der Waals surface area contributed by atoms with E-state index in [1.165, 1.54) is 11.1 Å². The molecule has 3 rings (SSSR count). The Kier molecular flexibility index (Phi) is 5.12. The number of hydrogen-bond donors (Lipinski definition) is 3. The van der Waals surface area contributed by atoms with Gasteiger partial charge in [-0.1, -0.05) is 18.2 Å². The van der Waals surface area contributed by atoms with Gasteiger partial charge in [-0.05, 0) is 79.3 Å². The van der Waals surface area contributed by atoms with Gasteiger partial charge >= 0.3 is 0 Å². The molecule has 1 amide bonds. The summed E-state index contributed by atoms with van der Waals surface area (Å²) in [6.45, 7) is 7.79. The van der Waals surface area contributed by atoms with Crippen LogP contribution in [0.4, 0.5) is 0 Å². The Morgan fingerprint density at radius 1 is 1.07 bits per heavy atom. The van der Waals surface area contributed by atoms with Crippen molar-refractivity contribution in [2.24, 2.45) is 5.10 Å². The molecule has 0 saturated carbocycles. The van der Waals surface area contributed by atoms with Crippen LogP contribution in [-0.2, 0) is 0 Å². The standard InChI is InChI=1S/C22H23N3O2/c1-13-6-5-7-19(16(13)4)18-10-20(23-12-18)22(27)25-24-11-17-8-14(2)21(26)15(3)9-17/h5-12,23,26H,1-4H3,(H,25,27)/b24-11+. The van der Waals surface area contributed by atoms with E-state index in [0.717, 1.165) is 27.8 Å². The molecule has 5 nitrogen and oxygen atoms in total. The van der Waals surface area contributed by atoms with Crippen molar-refractivity contribution < 1.29 is 9.90 Å². The number of aromatic amines is 1. The predicted octanol–water partition coefficient (Wildman–Crippen LogP) is 4.38.